The highest BCUT2D eigenvalue weighted by Gasteiger charge is 2.19. The fourth-order valence-corrected chi connectivity index (χ4v) is 3.21. The number of carbonyl (C=O) groups is 2. The van der Waals surface area contributed by atoms with Crippen LogP contribution < -0.4 is 16.0 Å². The highest BCUT2D eigenvalue weighted by Crippen LogP contribution is 2.20. The van der Waals surface area contributed by atoms with Gasteiger partial charge in [-0.1, -0.05) is 12.1 Å². The summed E-state index contributed by atoms with van der Waals surface area (Å²) in [6.45, 7) is 3.27. The molecular weight excluding hydrogens is 372 g/mol. The van der Waals surface area contributed by atoms with Crippen LogP contribution in [-0.2, 0) is 17.8 Å². The number of hydrogen-bond donors (Lipinski definition) is 3. The number of pyridine rings is 1. The van der Waals surface area contributed by atoms with Crippen LogP contribution in [0.4, 0.5) is 10.5 Å². The summed E-state index contributed by atoms with van der Waals surface area (Å²) in [7, 11) is 0. The Kier molecular flexibility index (Phi) is 5.66. The van der Waals surface area contributed by atoms with E-state index in [1.54, 1.807) is 30.6 Å². The Hall–Kier alpha value is -3.46. The van der Waals surface area contributed by atoms with Crippen LogP contribution in [0.5, 0.6) is 0 Å². The standard InChI is InChI=1S/C20H22N6O3/c27-18(26-9-7-21-8-10-26)11-17-25-19-14(3-1-5-16(19)29-17)12-23-20(28)24-15-4-2-6-22-13-15/h1-6,13,21H,7-12H2,(H2,23,24,28). The third-order valence-electron chi connectivity index (χ3n) is 4.68. The van der Waals surface area contributed by atoms with Gasteiger partial charge in [-0.25, -0.2) is 9.78 Å². The molecule has 0 spiro atoms. The highest BCUT2D eigenvalue weighted by molar-refractivity contribution is 5.89. The number of para-hydroxylation sites is 1. The first-order valence-corrected chi connectivity index (χ1v) is 9.50. The van der Waals surface area contributed by atoms with Gasteiger partial charge < -0.3 is 25.3 Å². The van der Waals surface area contributed by atoms with Crippen LogP contribution >= 0.6 is 0 Å². The molecule has 29 heavy (non-hydrogen) atoms. The number of rotatable bonds is 5. The number of hydrogen-bond acceptors (Lipinski definition) is 6. The number of carbonyl (C=O) groups excluding carboxylic acids is 2. The number of benzene rings is 1. The zero-order chi connectivity index (χ0) is 20.1. The molecule has 0 saturated carbocycles. The summed E-state index contributed by atoms with van der Waals surface area (Å²) >= 11 is 0. The molecule has 0 aliphatic carbocycles. The molecule has 9 heteroatoms. The number of anilines is 1. The molecule has 1 aliphatic rings. The Bertz CT molecular complexity index is 998. The molecule has 3 amide bonds. The number of piperazine rings is 1. The van der Waals surface area contributed by atoms with Gasteiger partial charge in [-0.3, -0.25) is 9.78 Å². The van der Waals surface area contributed by atoms with Gasteiger partial charge in [0.1, 0.15) is 11.9 Å². The summed E-state index contributed by atoms with van der Waals surface area (Å²) in [5, 5.41) is 8.74. The van der Waals surface area contributed by atoms with Crippen molar-refractivity contribution in [3.63, 3.8) is 0 Å². The van der Waals surface area contributed by atoms with Gasteiger partial charge in [0, 0.05) is 44.5 Å². The molecule has 3 aromatic rings. The van der Waals surface area contributed by atoms with Gasteiger partial charge in [-0.15, -0.1) is 0 Å². The van der Waals surface area contributed by atoms with E-state index in [1.807, 2.05) is 17.0 Å². The lowest BCUT2D eigenvalue weighted by molar-refractivity contribution is -0.131. The number of nitrogens with zero attached hydrogens (tertiary/aromatic N) is 3. The van der Waals surface area contributed by atoms with Crippen molar-refractivity contribution in [2.75, 3.05) is 31.5 Å². The Balaban J connectivity index is 1.41. The van der Waals surface area contributed by atoms with Gasteiger partial charge in [0.05, 0.1) is 11.9 Å². The van der Waals surface area contributed by atoms with Crippen molar-refractivity contribution in [3.8, 4) is 0 Å². The van der Waals surface area contributed by atoms with Gasteiger partial charge in [-0.2, -0.15) is 0 Å². The maximum atomic E-state index is 12.4. The monoisotopic (exact) mass is 394 g/mol. The predicted octanol–water partition coefficient (Wildman–Crippen LogP) is 1.52. The van der Waals surface area contributed by atoms with Crippen LogP contribution in [0, 0.1) is 0 Å². The summed E-state index contributed by atoms with van der Waals surface area (Å²) < 4.78 is 5.76. The quantitative estimate of drug-likeness (QED) is 0.605. The molecule has 0 radical (unpaired) electrons. The molecule has 4 rings (SSSR count). The molecule has 1 saturated heterocycles. The molecule has 1 fully saturated rings. The normalized spacial score (nSPS) is 14.0. The van der Waals surface area contributed by atoms with Crippen LogP contribution in [0.3, 0.4) is 0 Å². The minimum absolute atomic E-state index is 0.00794. The summed E-state index contributed by atoms with van der Waals surface area (Å²) in [5.41, 5.74) is 2.67. The minimum Gasteiger partial charge on any atom is -0.440 e. The van der Waals surface area contributed by atoms with Crippen LogP contribution in [0.15, 0.2) is 47.1 Å². The van der Waals surface area contributed by atoms with E-state index in [0.717, 1.165) is 18.7 Å². The summed E-state index contributed by atoms with van der Waals surface area (Å²) in [5.74, 6) is 0.393. The van der Waals surface area contributed by atoms with Crippen LogP contribution in [0.1, 0.15) is 11.5 Å². The Morgan fingerprint density at radius 2 is 2.03 bits per heavy atom. The lowest BCUT2D eigenvalue weighted by atomic mass is 10.2. The van der Waals surface area contributed by atoms with Gasteiger partial charge in [0.15, 0.2) is 5.58 Å². The predicted molar refractivity (Wildman–Crippen MR) is 107 cm³/mol. The third kappa shape index (κ3) is 4.69. The lowest BCUT2D eigenvalue weighted by Gasteiger charge is -2.26. The second kappa shape index (κ2) is 8.70. The van der Waals surface area contributed by atoms with Gasteiger partial charge in [0.25, 0.3) is 0 Å². The number of nitrogens with one attached hydrogen (secondary N) is 3. The van der Waals surface area contributed by atoms with Crippen molar-refractivity contribution in [2.45, 2.75) is 13.0 Å². The molecule has 1 aromatic carbocycles. The number of oxazole rings is 1. The first kappa shape index (κ1) is 18.9. The maximum Gasteiger partial charge on any atom is 0.319 e. The molecule has 3 N–H and O–H groups in total. The Morgan fingerprint density at radius 3 is 2.83 bits per heavy atom. The SMILES string of the molecule is O=C(NCc1cccc2oc(CC(=O)N3CCNCC3)nc12)Nc1cccnc1. The van der Waals surface area contributed by atoms with Crippen molar-refractivity contribution in [1.82, 2.24) is 25.5 Å². The molecule has 150 valence electrons. The zero-order valence-electron chi connectivity index (χ0n) is 15.9. The van der Waals surface area contributed by atoms with E-state index in [4.69, 9.17) is 4.42 Å². The topological polar surface area (TPSA) is 112 Å². The van der Waals surface area contributed by atoms with Crippen LogP contribution in [0.25, 0.3) is 11.1 Å². The summed E-state index contributed by atoms with van der Waals surface area (Å²) in [6, 6.07) is 8.68. The first-order chi connectivity index (χ1) is 14.2. The van der Waals surface area contributed by atoms with Crippen molar-refractivity contribution < 1.29 is 14.0 Å². The van der Waals surface area contributed by atoms with E-state index < -0.39 is 0 Å². The van der Waals surface area contributed by atoms with Crippen LogP contribution in [-0.4, -0.2) is 53.0 Å². The number of urea groups is 1. The molecule has 0 unspecified atom stereocenters. The van der Waals surface area contributed by atoms with Crippen LogP contribution in [0.2, 0.25) is 0 Å². The highest BCUT2D eigenvalue weighted by atomic mass is 16.3. The van der Waals surface area contributed by atoms with Crippen molar-refractivity contribution in [3.05, 3.63) is 54.2 Å². The molecule has 9 nitrogen and oxygen atoms in total. The average molecular weight is 394 g/mol. The minimum atomic E-state index is -0.340. The van der Waals surface area contributed by atoms with Gasteiger partial charge >= 0.3 is 6.03 Å². The molecule has 3 heterocycles. The number of aromatic nitrogens is 2. The van der Waals surface area contributed by atoms with Gasteiger partial charge in [-0.05, 0) is 18.2 Å². The zero-order valence-corrected chi connectivity index (χ0v) is 15.9. The number of fused-ring (bicyclic) bond motifs is 1. The van der Waals surface area contributed by atoms with E-state index in [0.29, 0.717) is 35.8 Å². The molecule has 1 aliphatic heterocycles. The van der Waals surface area contributed by atoms with E-state index in [-0.39, 0.29) is 24.9 Å². The smallest absolute Gasteiger partial charge is 0.319 e. The fraction of sp³-hybridized carbons (Fsp3) is 0.300. The second-order valence-electron chi connectivity index (χ2n) is 6.73. The summed E-state index contributed by atoms with van der Waals surface area (Å²) in [4.78, 5) is 34.8. The summed E-state index contributed by atoms with van der Waals surface area (Å²) in [6.07, 6.45) is 3.33. The molecule has 0 bridgehead atoms. The maximum absolute atomic E-state index is 12.4. The van der Waals surface area contributed by atoms with Crippen molar-refractivity contribution in [2.24, 2.45) is 0 Å². The number of amides is 3. The van der Waals surface area contributed by atoms with E-state index in [9.17, 15) is 9.59 Å². The van der Waals surface area contributed by atoms with E-state index in [2.05, 4.69) is 25.9 Å². The largest absolute Gasteiger partial charge is 0.440 e. The molecular formula is C20H22N6O3. The lowest BCUT2D eigenvalue weighted by Crippen LogP contribution is -2.46. The first-order valence-electron chi connectivity index (χ1n) is 9.50. The van der Waals surface area contributed by atoms with Crippen molar-refractivity contribution >= 4 is 28.7 Å². The molecule has 0 atom stereocenters. The molecule has 2 aromatic heterocycles. The average Bonchev–Trinajstić information content (AvgIpc) is 3.16. The van der Waals surface area contributed by atoms with Crippen molar-refractivity contribution in [1.29, 1.82) is 0 Å². The van der Waals surface area contributed by atoms with E-state index >= 15 is 0 Å². The third-order valence-corrected chi connectivity index (χ3v) is 4.68. The Morgan fingerprint density at radius 1 is 1.17 bits per heavy atom. The Labute approximate surface area is 167 Å². The fourth-order valence-electron chi connectivity index (χ4n) is 3.21. The van der Waals surface area contributed by atoms with Gasteiger partial charge in [0.2, 0.25) is 11.8 Å². The van der Waals surface area contributed by atoms with E-state index in [1.165, 1.54) is 0 Å². The second-order valence-corrected chi connectivity index (χ2v) is 6.73.